The molecule has 0 radical (unpaired) electrons. The van der Waals surface area contributed by atoms with Gasteiger partial charge < -0.3 is 9.52 Å². The predicted octanol–water partition coefficient (Wildman–Crippen LogP) is 2.39. The van der Waals surface area contributed by atoms with Crippen molar-refractivity contribution in [2.24, 2.45) is 0 Å². The minimum absolute atomic E-state index is 0.0745. The van der Waals surface area contributed by atoms with Crippen LogP contribution in [0.3, 0.4) is 0 Å². The van der Waals surface area contributed by atoms with E-state index in [1.165, 1.54) is 18.4 Å². The summed E-state index contributed by atoms with van der Waals surface area (Å²) in [6, 6.07) is 6.01. The smallest absolute Gasteiger partial charge is 0.304 e. The number of oxazole rings is 1. The Balaban J connectivity index is 2.00. The summed E-state index contributed by atoms with van der Waals surface area (Å²) in [5.74, 6) is -0.829. The maximum atomic E-state index is 13.1. The summed E-state index contributed by atoms with van der Waals surface area (Å²) >= 11 is 0. The highest BCUT2D eigenvalue weighted by Crippen LogP contribution is 2.19. The fourth-order valence-corrected chi connectivity index (χ4v) is 1.78. The molecule has 0 bridgehead atoms. The zero-order chi connectivity index (χ0) is 14.5. The van der Waals surface area contributed by atoms with E-state index < -0.39 is 5.97 Å². The second kappa shape index (κ2) is 6.29. The SMILES string of the molecule is CN(CCC(=O)O)Cc1coc(-c2cccc(F)c2)n1. The van der Waals surface area contributed by atoms with E-state index in [0.717, 1.165) is 0 Å². The number of hydrogen-bond acceptors (Lipinski definition) is 4. The number of carboxylic acids is 1. The predicted molar refractivity (Wildman–Crippen MR) is 70.5 cm³/mol. The van der Waals surface area contributed by atoms with Crippen LogP contribution in [0.1, 0.15) is 12.1 Å². The maximum Gasteiger partial charge on any atom is 0.304 e. The Bertz CT molecular complexity index is 598. The quantitative estimate of drug-likeness (QED) is 0.878. The van der Waals surface area contributed by atoms with Gasteiger partial charge in [0.2, 0.25) is 5.89 Å². The lowest BCUT2D eigenvalue weighted by molar-refractivity contribution is -0.137. The van der Waals surface area contributed by atoms with E-state index >= 15 is 0 Å². The average molecular weight is 278 g/mol. The molecule has 106 valence electrons. The highest BCUT2D eigenvalue weighted by molar-refractivity contribution is 5.66. The van der Waals surface area contributed by atoms with Gasteiger partial charge in [0.1, 0.15) is 12.1 Å². The third kappa shape index (κ3) is 3.89. The topological polar surface area (TPSA) is 66.6 Å². The van der Waals surface area contributed by atoms with Crippen molar-refractivity contribution >= 4 is 5.97 Å². The van der Waals surface area contributed by atoms with Crippen molar-refractivity contribution in [3.63, 3.8) is 0 Å². The zero-order valence-electron chi connectivity index (χ0n) is 11.0. The number of nitrogens with zero attached hydrogens (tertiary/aromatic N) is 2. The van der Waals surface area contributed by atoms with Gasteiger partial charge in [-0.05, 0) is 25.2 Å². The molecule has 0 aliphatic heterocycles. The molecule has 0 unspecified atom stereocenters. The molecule has 1 heterocycles. The van der Waals surface area contributed by atoms with Crippen molar-refractivity contribution in [2.45, 2.75) is 13.0 Å². The minimum Gasteiger partial charge on any atom is -0.481 e. The van der Waals surface area contributed by atoms with Crippen molar-refractivity contribution in [3.05, 3.63) is 42.0 Å². The second-order valence-electron chi connectivity index (χ2n) is 4.54. The minimum atomic E-state index is -0.836. The molecule has 0 atom stereocenters. The monoisotopic (exact) mass is 278 g/mol. The van der Waals surface area contributed by atoms with Gasteiger partial charge in [-0.25, -0.2) is 9.37 Å². The molecule has 5 nitrogen and oxygen atoms in total. The van der Waals surface area contributed by atoms with Crippen molar-refractivity contribution in [1.29, 1.82) is 0 Å². The Morgan fingerprint density at radius 2 is 2.30 bits per heavy atom. The second-order valence-corrected chi connectivity index (χ2v) is 4.54. The first-order valence-corrected chi connectivity index (χ1v) is 6.15. The van der Waals surface area contributed by atoms with Crippen molar-refractivity contribution in [3.8, 4) is 11.5 Å². The number of aromatic nitrogens is 1. The summed E-state index contributed by atoms with van der Waals surface area (Å²) in [5, 5.41) is 8.61. The molecule has 20 heavy (non-hydrogen) atoms. The van der Waals surface area contributed by atoms with Gasteiger partial charge in [-0.15, -0.1) is 0 Å². The van der Waals surface area contributed by atoms with Crippen LogP contribution in [0.2, 0.25) is 0 Å². The van der Waals surface area contributed by atoms with E-state index in [2.05, 4.69) is 4.98 Å². The summed E-state index contributed by atoms with van der Waals surface area (Å²) in [4.78, 5) is 16.6. The third-order valence-electron chi connectivity index (χ3n) is 2.76. The van der Waals surface area contributed by atoms with E-state index in [4.69, 9.17) is 9.52 Å². The van der Waals surface area contributed by atoms with Crippen molar-refractivity contribution in [1.82, 2.24) is 9.88 Å². The van der Waals surface area contributed by atoms with E-state index in [1.807, 2.05) is 4.90 Å². The van der Waals surface area contributed by atoms with Gasteiger partial charge in [-0.1, -0.05) is 6.07 Å². The lowest BCUT2D eigenvalue weighted by atomic mass is 10.2. The van der Waals surface area contributed by atoms with E-state index in [-0.39, 0.29) is 12.2 Å². The summed E-state index contributed by atoms with van der Waals surface area (Å²) < 4.78 is 18.4. The fourth-order valence-electron chi connectivity index (χ4n) is 1.78. The number of rotatable bonds is 6. The highest BCUT2D eigenvalue weighted by Gasteiger charge is 2.10. The molecule has 0 saturated heterocycles. The number of benzene rings is 1. The third-order valence-corrected chi connectivity index (χ3v) is 2.76. The first-order chi connectivity index (χ1) is 9.54. The molecule has 1 aromatic heterocycles. The van der Waals surface area contributed by atoms with Gasteiger partial charge in [-0.2, -0.15) is 0 Å². The molecule has 0 saturated carbocycles. The molecule has 6 heteroatoms. The zero-order valence-corrected chi connectivity index (χ0v) is 11.0. The van der Waals surface area contributed by atoms with Crippen molar-refractivity contribution < 1.29 is 18.7 Å². The Labute approximate surface area is 115 Å². The molecule has 0 fully saturated rings. The van der Waals surface area contributed by atoms with E-state index in [1.54, 1.807) is 19.2 Å². The Kier molecular flexibility index (Phi) is 4.47. The molecule has 0 amide bonds. The summed E-state index contributed by atoms with van der Waals surface area (Å²) in [6.07, 6.45) is 1.57. The Morgan fingerprint density at radius 1 is 1.50 bits per heavy atom. The number of aliphatic carboxylic acids is 1. The fraction of sp³-hybridized carbons (Fsp3) is 0.286. The van der Waals surface area contributed by atoms with Crippen LogP contribution in [-0.4, -0.2) is 34.6 Å². The molecule has 1 N–H and O–H groups in total. The van der Waals surface area contributed by atoms with Crippen LogP contribution < -0.4 is 0 Å². The van der Waals surface area contributed by atoms with Crippen LogP contribution in [0.5, 0.6) is 0 Å². The lowest BCUT2D eigenvalue weighted by Crippen LogP contribution is -2.21. The van der Waals surface area contributed by atoms with Crippen LogP contribution >= 0.6 is 0 Å². The first kappa shape index (κ1) is 14.2. The maximum absolute atomic E-state index is 13.1. The number of carboxylic acid groups (broad SMARTS) is 1. The summed E-state index contributed by atoms with van der Waals surface area (Å²) in [6.45, 7) is 0.906. The van der Waals surface area contributed by atoms with Crippen LogP contribution in [0, 0.1) is 5.82 Å². The van der Waals surface area contributed by atoms with Gasteiger partial charge >= 0.3 is 5.97 Å². The van der Waals surface area contributed by atoms with Crippen LogP contribution in [0.15, 0.2) is 34.9 Å². The molecule has 2 aromatic rings. The molecule has 0 aliphatic rings. The summed E-state index contributed by atoms with van der Waals surface area (Å²) in [7, 11) is 1.81. The standard InChI is InChI=1S/C14H15FN2O3/c1-17(6-5-13(18)19)8-12-9-20-14(16-12)10-3-2-4-11(15)7-10/h2-4,7,9H,5-6,8H2,1H3,(H,18,19). The molecule has 1 aromatic carbocycles. The van der Waals surface area contributed by atoms with Crippen LogP contribution in [-0.2, 0) is 11.3 Å². The largest absolute Gasteiger partial charge is 0.481 e. The molecular formula is C14H15FN2O3. The average Bonchev–Trinajstić information content (AvgIpc) is 2.85. The summed E-state index contributed by atoms with van der Waals surface area (Å²) in [5.41, 5.74) is 1.25. The number of halogens is 1. The Morgan fingerprint density at radius 3 is 3.00 bits per heavy atom. The van der Waals surface area contributed by atoms with E-state index in [0.29, 0.717) is 30.2 Å². The van der Waals surface area contributed by atoms with Gasteiger partial charge in [0.15, 0.2) is 0 Å². The van der Waals surface area contributed by atoms with Gasteiger partial charge in [0, 0.05) is 18.7 Å². The van der Waals surface area contributed by atoms with Gasteiger partial charge in [0.25, 0.3) is 0 Å². The normalized spacial score (nSPS) is 10.9. The molecule has 0 aliphatic carbocycles. The Hall–Kier alpha value is -2.21. The van der Waals surface area contributed by atoms with Gasteiger partial charge in [0.05, 0.1) is 12.1 Å². The van der Waals surface area contributed by atoms with E-state index in [9.17, 15) is 9.18 Å². The van der Waals surface area contributed by atoms with Crippen LogP contribution in [0.4, 0.5) is 4.39 Å². The molecular weight excluding hydrogens is 263 g/mol. The molecule has 0 spiro atoms. The number of carbonyl (C=O) groups is 1. The number of hydrogen-bond donors (Lipinski definition) is 1. The highest BCUT2D eigenvalue weighted by atomic mass is 19.1. The van der Waals surface area contributed by atoms with Crippen LogP contribution in [0.25, 0.3) is 11.5 Å². The van der Waals surface area contributed by atoms with Crippen molar-refractivity contribution in [2.75, 3.05) is 13.6 Å². The molecule has 2 rings (SSSR count). The van der Waals surface area contributed by atoms with Gasteiger partial charge in [-0.3, -0.25) is 9.69 Å². The lowest BCUT2D eigenvalue weighted by Gasteiger charge is -2.12. The first-order valence-electron chi connectivity index (χ1n) is 6.15.